The third kappa shape index (κ3) is 2.41. The lowest BCUT2D eigenvalue weighted by Gasteiger charge is -2.33. The lowest BCUT2D eigenvalue weighted by atomic mass is 9.81. The number of hydrogen-bond donors (Lipinski definition) is 0. The van der Waals surface area contributed by atoms with E-state index in [1.807, 2.05) is 44.2 Å². The Hall–Kier alpha value is -3.51. The highest BCUT2D eigenvalue weighted by Crippen LogP contribution is 2.41. The van der Waals surface area contributed by atoms with Crippen LogP contribution in [0.4, 0.5) is 5.95 Å². The van der Waals surface area contributed by atoms with Gasteiger partial charge in [-0.3, -0.25) is 4.90 Å². The van der Waals surface area contributed by atoms with Crippen molar-refractivity contribution in [1.29, 1.82) is 10.5 Å². The molecule has 1 aliphatic rings. The Morgan fingerprint density at radius 1 is 0.917 bits per heavy atom. The van der Waals surface area contributed by atoms with Crippen molar-refractivity contribution in [2.75, 3.05) is 4.90 Å². The molecular weight excluding hydrogens is 300 g/mol. The summed E-state index contributed by atoms with van der Waals surface area (Å²) in [6.45, 7) is 3.69. The van der Waals surface area contributed by atoms with Gasteiger partial charge in [0.05, 0.1) is 29.2 Å². The molecule has 0 spiro atoms. The van der Waals surface area contributed by atoms with Crippen molar-refractivity contribution in [1.82, 2.24) is 15.0 Å². The number of benzene rings is 1. The van der Waals surface area contributed by atoms with E-state index in [1.165, 1.54) is 12.7 Å². The third-order valence-electron chi connectivity index (χ3n) is 4.08. The first-order valence-electron chi connectivity index (χ1n) is 7.37. The van der Waals surface area contributed by atoms with Crippen molar-refractivity contribution in [2.24, 2.45) is 0 Å². The summed E-state index contributed by atoms with van der Waals surface area (Å²) in [5.74, 6) is 0.0197. The van der Waals surface area contributed by atoms with E-state index in [1.54, 1.807) is 4.90 Å². The number of nitriles is 2. The number of aromatic nitrogens is 3. The fraction of sp³-hybridized carbons (Fsp3) is 0.167. The Morgan fingerprint density at radius 3 is 1.96 bits per heavy atom. The smallest absolute Gasteiger partial charge is 0.237 e. The average Bonchev–Trinajstić information content (AvgIpc) is 2.63. The SMILES string of the molecule is CC1=C(C#N)C(c2ccccc2)C(C#N)=C(C)N1c1ncncn1. The first-order chi connectivity index (χ1) is 11.7. The van der Waals surface area contributed by atoms with Gasteiger partial charge in [0.2, 0.25) is 5.95 Å². The molecule has 116 valence electrons. The summed E-state index contributed by atoms with van der Waals surface area (Å²) in [5.41, 5.74) is 3.38. The minimum absolute atomic E-state index is 0.376. The van der Waals surface area contributed by atoms with Gasteiger partial charge in [0.15, 0.2) is 0 Å². The van der Waals surface area contributed by atoms with E-state index in [9.17, 15) is 10.5 Å². The zero-order valence-electron chi connectivity index (χ0n) is 13.3. The standard InChI is InChI=1S/C18H14N6/c1-12-15(8-19)17(14-6-4-3-5-7-14)16(9-20)13(2)24(12)18-22-10-21-11-23-18/h3-7,10-11,17H,1-2H3. The first-order valence-corrected chi connectivity index (χ1v) is 7.37. The van der Waals surface area contributed by atoms with E-state index in [4.69, 9.17) is 0 Å². The van der Waals surface area contributed by atoms with Crippen LogP contribution >= 0.6 is 0 Å². The topological polar surface area (TPSA) is 89.5 Å². The van der Waals surface area contributed by atoms with Crippen molar-refractivity contribution >= 4 is 5.95 Å². The maximum absolute atomic E-state index is 9.74. The van der Waals surface area contributed by atoms with E-state index in [2.05, 4.69) is 27.1 Å². The second kappa shape index (κ2) is 6.31. The molecule has 0 radical (unpaired) electrons. The molecule has 3 rings (SSSR count). The highest BCUT2D eigenvalue weighted by molar-refractivity contribution is 5.64. The van der Waals surface area contributed by atoms with E-state index in [0.29, 0.717) is 28.5 Å². The van der Waals surface area contributed by atoms with Crippen LogP contribution in [0.2, 0.25) is 0 Å². The largest absolute Gasteiger partial charge is 0.285 e. The highest BCUT2D eigenvalue weighted by Gasteiger charge is 2.34. The summed E-state index contributed by atoms with van der Waals surface area (Å²) in [5, 5.41) is 19.5. The van der Waals surface area contributed by atoms with Gasteiger partial charge in [-0.15, -0.1) is 0 Å². The average molecular weight is 314 g/mol. The van der Waals surface area contributed by atoms with Crippen LogP contribution in [-0.4, -0.2) is 15.0 Å². The quantitative estimate of drug-likeness (QED) is 0.846. The van der Waals surface area contributed by atoms with E-state index < -0.39 is 0 Å². The van der Waals surface area contributed by atoms with Gasteiger partial charge in [-0.25, -0.2) is 15.0 Å². The molecule has 0 atom stereocenters. The molecule has 6 nitrogen and oxygen atoms in total. The van der Waals surface area contributed by atoms with E-state index >= 15 is 0 Å². The number of rotatable bonds is 2. The molecular formula is C18H14N6. The second-order valence-electron chi connectivity index (χ2n) is 5.34. The van der Waals surface area contributed by atoms with Crippen molar-refractivity contribution < 1.29 is 0 Å². The van der Waals surface area contributed by atoms with Crippen LogP contribution in [0.5, 0.6) is 0 Å². The van der Waals surface area contributed by atoms with Gasteiger partial charge in [-0.05, 0) is 19.4 Å². The van der Waals surface area contributed by atoms with Crippen molar-refractivity contribution in [3.63, 3.8) is 0 Å². The summed E-state index contributed by atoms with van der Waals surface area (Å²) in [7, 11) is 0. The van der Waals surface area contributed by atoms with Gasteiger partial charge in [0, 0.05) is 11.4 Å². The number of nitrogens with zero attached hydrogens (tertiary/aromatic N) is 6. The maximum atomic E-state index is 9.74. The molecule has 0 saturated heterocycles. The number of allylic oxidation sites excluding steroid dienone is 4. The van der Waals surface area contributed by atoms with E-state index in [0.717, 1.165) is 5.56 Å². The predicted octanol–water partition coefficient (Wildman–Crippen LogP) is 3.07. The van der Waals surface area contributed by atoms with Crippen molar-refractivity contribution in [3.8, 4) is 12.1 Å². The third-order valence-corrected chi connectivity index (χ3v) is 4.08. The van der Waals surface area contributed by atoms with E-state index in [-0.39, 0.29) is 5.92 Å². The molecule has 6 heteroatoms. The first kappa shape index (κ1) is 15.4. The molecule has 1 aromatic heterocycles. The van der Waals surface area contributed by atoms with Crippen LogP contribution in [0.3, 0.4) is 0 Å². The van der Waals surface area contributed by atoms with Crippen molar-refractivity contribution in [3.05, 3.63) is 71.1 Å². The Kier molecular flexibility index (Phi) is 4.05. The minimum atomic E-state index is -0.376. The second-order valence-corrected chi connectivity index (χ2v) is 5.34. The van der Waals surface area contributed by atoms with Crippen molar-refractivity contribution in [2.45, 2.75) is 19.8 Å². The zero-order valence-corrected chi connectivity index (χ0v) is 13.3. The molecule has 24 heavy (non-hydrogen) atoms. The molecule has 2 heterocycles. The highest BCUT2D eigenvalue weighted by atomic mass is 15.3. The molecule has 0 bridgehead atoms. The molecule has 1 aromatic carbocycles. The molecule has 0 N–H and O–H groups in total. The molecule has 0 fully saturated rings. The Bertz CT molecular complexity index is 862. The van der Waals surface area contributed by atoms with Gasteiger partial charge in [-0.2, -0.15) is 10.5 Å². The monoisotopic (exact) mass is 314 g/mol. The Balaban J connectivity index is 2.24. The Labute approximate surface area is 140 Å². The van der Waals surface area contributed by atoms with Gasteiger partial charge >= 0.3 is 0 Å². The molecule has 0 aliphatic carbocycles. The van der Waals surface area contributed by atoms with Crippen LogP contribution < -0.4 is 4.90 Å². The van der Waals surface area contributed by atoms with Crippen LogP contribution in [0.25, 0.3) is 0 Å². The molecule has 0 saturated carbocycles. The number of anilines is 1. The summed E-state index contributed by atoms with van der Waals surface area (Å²) in [6, 6.07) is 14.1. The van der Waals surface area contributed by atoms with Crippen LogP contribution in [0, 0.1) is 22.7 Å². The van der Waals surface area contributed by atoms with Crippen LogP contribution in [0.15, 0.2) is 65.5 Å². The predicted molar refractivity (Wildman–Crippen MR) is 88.1 cm³/mol. The lowest BCUT2D eigenvalue weighted by Crippen LogP contribution is -2.30. The maximum Gasteiger partial charge on any atom is 0.237 e. The molecule has 2 aromatic rings. The lowest BCUT2D eigenvalue weighted by molar-refractivity contribution is 0.834. The van der Waals surface area contributed by atoms with Gasteiger partial charge in [0.25, 0.3) is 0 Å². The van der Waals surface area contributed by atoms with Gasteiger partial charge in [-0.1, -0.05) is 30.3 Å². The fourth-order valence-corrected chi connectivity index (χ4v) is 2.97. The molecule has 1 aliphatic heterocycles. The zero-order chi connectivity index (χ0) is 17.1. The van der Waals surface area contributed by atoms with Gasteiger partial charge in [0.1, 0.15) is 12.7 Å². The normalized spacial score (nSPS) is 15.2. The summed E-state index contributed by atoms with van der Waals surface area (Å²) >= 11 is 0. The summed E-state index contributed by atoms with van der Waals surface area (Å²) in [4.78, 5) is 13.9. The molecule has 0 amide bonds. The molecule has 0 unspecified atom stereocenters. The summed E-state index contributed by atoms with van der Waals surface area (Å²) < 4.78 is 0. The van der Waals surface area contributed by atoms with Gasteiger partial charge < -0.3 is 0 Å². The van der Waals surface area contributed by atoms with Crippen LogP contribution in [0.1, 0.15) is 25.3 Å². The van der Waals surface area contributed by atoms with Crippen LogP contribution in [-0.2, 0) is 0 Å². The minimum Gasteiger partial charge on any atom is -0.285 e. The number of hydrogen-bond acceptors (Lipinski definition) is 6. The summed E-state index contributed by atoms with van der Waals surface area (Å²) in [6.07, 6.45) is 2.79. The fourth-order valence-electron chi connectivity index (χ4n) is 2.97. The Morgan fingerprint density at radius 2 is 1.46 bits per heavy atom.